The minimum Gasteiger partial charge on any atom is -0.325 e. The van der Waals surface area contributed by atoms with Gasteiger partial charge in [-0.15, -0.1) is 0 Å². The number of hydrogen-bond donors (Lipinski definition) is 2. The summed E-state index contributed by atoms with van der Waals surface area (Å²) in [5.74, 6) is 0.00532. The highest BCUT2D eigenvalue weighted by Gasteiger charge is 2.12. The molecule has 0 saturated carbocycles. The first kappa shape index (κ1) is 15.7. The lowest BCUT2D eigenvalue weighted by molar-refractivity contribution is -0.117. The molecule has 0 bridgehead atoms. The number of carbonyl (C=O) groups excluding carboxylic acids is 1. The van der Waals surface area contributed by atoms with Gasteiger partial charge in [-0.05, 0) is 32.1 Å². The van der Waals surface area contributed by atoms with Gasteiger partial charge in [0.05, 0.1) is 6.04 Å². The van der Waals surface area contributed by atoms with E-state index in [1.54, 1.807) is 0 Å². The minimum atomic E-state index is -0.184. The average Bonchev–Trinajstić information content (AvgIpc) is 2.44. The second-order valence-electron chi connectivity index (χ2n) is 4.56. The van der Waals surface area contributed by atoms with Crippen LogP contribution in [0.5, 0.6) is 0 Å². The molecule has 2 N–H and O–H groups in total. The Morgan fingerprint density at radius 3 is 2.42 bits per heavy atom. The Bertz CT molecular complexity index is 363. The SMILES string of the molecule is CCN(CC)CCNC(C)C(=O)Nc1ccccc1. The quantitative estimate of drug-likeness (QED) is 0.753. The molecule has 19 heavy (non-hydrogen) atoms. The van der Waals surface area contributed by atoms with Crippen LogP contribution in [0, 0.1) is 0 Å². The summed E-state index contributed by atoms with van der Waals surface area (Å²) in [5, 5.41) is 6.14. The van der Waals surface area contributed by atoms with Crippen LogP contribution in [0.4, 0.5) is 5.69 Å². The Hall–Kier alpha value is -1.39. The van der Waals surface area contributed by atoms with Gasteiger partial charge in [-0.1, -0.05) is 32.0 Å². The molecule has 1 aromatic rings. The molecule has 1 amide bonds. The third kappa shape index (κ3) is 5.85. The van der Waals surface area contributed by atoms with E-state index in [-0.39, 0.29) is 11.9 Å². The lowest BCUT2D eigenvalue weighted by Crippen LogP contribution is -2.42. The van der Waals surface area contributed by atoms with Crippen LogP contribution >= 0.6 is 0 Å². The van der Waals surface area contributed by atoms with E-state index < -0.39 is 0 Å². The summed E-state index contributed by atoms with van der Waals surface area (Å²) < 4.78 is 0. The van der Waals surface area contributed by atoms with Gasteiger partial charge in [0, 0.05) is 18.8 Å². The summed E-state index contributed by atoms with van der Waals surface area (Å²) in [4.78, 5) is 14.3. The normalized spacial score (nSPS) is 12.4. The van der Waals surface area contributed by atoms with Crippen LogP contribution in [0.2, 0.25) is 0 Å². The first-order chi connectivity index (χ1) is 9.17. The second kappa shape index (κ2) is 8.67. The van der Waals surface area contributed by atoms with Crippen LogP contribution in [0.15, 0.2) is 30.3 Å². The summed E-state index contributed by atoms with van der Waals surface area (Å²) in [6.45, 7) is 10.1. The van der Waals surface area contributed by atoms with Gasteiger partial charge >= 0.3 is 0 Å². The Kier molecular flexibility index (Phi) is 7.15. The van der Waals surface area contributed by atoms with Crippen molar-refractivity contribution in [3.63, 3.8) is 0 Å². The van der Waals surface area contributed by atoms with E-state index in [4.69, 9.17) is 0 Å². The summed E-state index contributed by atoms with van der Waals surface area (Å²) in [6.07, 6.45) is 0. The third-order valence-corrected chi connectivity index (χ3v) is 3.21. The zero-order chi connectivity index (χ0) is 14.1. The maximum Gasteiger partial charge on any atom is 0.241 e. The lowest BCUT2D eigenvalue weighted by atomic mass is 10.2. The third-order valence-electron chi connectivity index (χ3n) is 3.21. The van der Waals surface area contributed by atoms with Crippen molar-refractivity contribution in [3.05, 3.63) is 30.3 Å². The number of amides is 1. The van der Waals surface area contributed by atoms with E-state index in [1.165, 1.54) is 0 Å². The molecule has 106 valence electrons. The zero-order valence-corrected chi connectivity index (χ0v) is 12.1. The molecular formula is C15H25N3O. The van der Waals surface area contributed by atoms with E-state index in [0.29, 0.717) is 0 Å². The standard InChI is InChI=1S/C15H25N3O/c1-4-18(5-2)12-11-16-13(3)15(19)17-14-9-7-6-8-10-14/h6-10,13,16H,4-5,11-12H2,1-3H3,(H,17,19). The molecule has 0 heterocycles. The number of hydrogen-bond acceptors (Lipinski definition) is 3. The molecule has 1 aromatic carbocycles. The van der Waals surface area contributed by atoms with E-state index in [2.05, 4.69) is 29.4 Å². The second-order valence-corrected chi connectivity index (χ2v) is 4.56. The maximum absolute atomic E-state index is 11.9. The smallest absolute Gasteiger partial charge is 0.241 e. The maximum atomic E-state index is 11.9. The number of rotatable bonds is 8. The molecule has 0 aromatic heterocycles. The minimum absolute atomic E-state index is 0.00532. The predicted molar refractivity (Wildman–Crippen MR) is 80.3 cm³/mol. The Morgan fingerprint density at radius 2 is 1.84 bits per heavy atom. The van der Waals surface area contributed by atoms with Crippen LogP contribution in [-0.2, 0) is 4.79 Å². The Balaban J connectivity index is 2.29. The average molecular weight is 263 g/mol. The van der Waals surface area contributed by atoms with Gasteiger partial charge in [0.15, 0.2) is 0 Å². The molecule has 1 rings (SSSR count). The number of anilines is 1. The van der Waals surface area contributed by atoms with Gasteiger partial charge < -0.3 is 15.5 Å². The number of nitrogens with one attached hydrogen (secondary N) is 2. The molecular weight excluding hydrogens is 238 g/mol. The first-order valence-electron chi connectivity index (χ1n) is 6.99. The van der Waals surface area contributed by atoms with E-state index in [9.17, 15) is 4.79 Å². The molecule has 0 saturated heterocycles. The highest BCUT2D eigenvalue weighted by atomic mass is 16.2. The largest absolute Gasteiger partial charge is 0.325 e. The lowest BCUT2D eigenvalue weighted by Gasteiger charge is -2.20. The van der Waals surface area contributed by atoms with Gasteiger partial charge in [-0.3, -0.25) is 4.79 Å². The fourth-order valence-electron chi connectivity index (χ4n) is 1.84. The van der Waals surface area contributed by atoms with Crippen LogP contribution in [0.1, 0.15) is 20.8 Å². The zero-order valence-electron chi connectivity index (χ0n) is 12.1. The Morgan fingerprint density at radius 1 is 1.21 bits per heavy atom. The van der Waals surface area contributed by atoms with E-state index >= 15 is 0 Å². The van der Waals surface area contributed by atoms with Crippen LogP contribution < -0.4 is 10.6 Å². The van der Waals surface area contributed by atoms with Gasteiger partial charge in [0.1, 0.15) is 0 Å². The fourth-order valence-corrected chi connectivity index (χ4v) is 1.84. The molecule has 0 fully saturated rings. The van der Waals surface area contributed by atoms with Crippen molar-refractivity contribution in [2.75, 3.05) is 31.5 Å². The van der Waals surface area contributed by atoms with Crippen molar-refractivity contribution in [1.29, 1.82) is 0 Å². The highest BCUT2D eigenvalue weighted by molar-refractivity contribution is 5.94. The molecule has 0 spiro atoms. The molecule has 4 nitrogen and oxygen atoms in total. The predicted octanol–water partition coefficient (Wildman–Crippen LogP) is 1.94. The number of likely N-dealkylation sites (N-methyl/N-ethyl adjacent to an activating group) is 1. The van der Waals surface area contributed by atoms with Gasteiger partial charge in [-0.2, -0.15) is 0 Å². The van der Waals surface area contributed by atoms with Crippen molar-refractivity contribution in [3.8, 4) is 0 Å². The summed E-state index contributed by atoms with van der Waals surface area (Å²) in [5.41, 5.74) is 0.838. The van der Waals surface area contributed by atoms with Gasteiger partial charge in [0.25, 0.3) is 0 Å². The Labute approximate surface area is 116 Å². The summed E-state index contributed by atoms with van der Waals surface area (Å²) in [6, 6.07) is 9.35. The van der Waals surface area contributed by atoms with E-state index in [1.807, 2.05) is 37.3 Å². The van der Waals surface area contributed by atoms with Crippen molar-refractivity contribution >= 4 is 11.6 Å². The molecule has 0 aliphatic carbocycles. The highest BCUT2D eigenvalue weighted by Crippen LogP contribution is 2.05. The van der Waals surface area contributed by atoms with Gasteiger partial charge in [0.2, 0.25) is 5.91 Å². The van der Waals surface area contributed by atoms with Crippen molar-refractivity contribution in [2.24, 2.45) is 0 Å². The number of nitrogens with zero attached hydrogens (tertiary/aromatic N) is 1. The molecule has 0 radical (unpaired) electrons. The number of para-hydroxylation sites is 1. The van der Waals surface area contributed by atoms with Crippen LogP contribution in [-0.4, -0.2) is 43.0 Å². The van der Waals surface area contributed by atoms with Crippen molar-refractivity contribution in [2.45, 2.75) is 26.8 Å². The molecule has 1 atom stereocenters. The van der Waals surface area contributed by atoms with E-state index in [0.717, 1.165) is 31.9 Å². The van der Waals surface area contributed by atoms with Crippen molar-refractivity contribution < 1.29 is 4.79 Å². The fraction of sp³-hybridized carbons (Fsp3) is 0.533. The topological polar surface area (TPSA) is 44.4 Å². The van der Waals surface area contributed by atoms with Crippen LogP contribution in [0.25, 0.3) is 0 Å². The van der Waals surface area contributed by atoms with Gasteiger partial charge in [-0.25, -0.2) is 0 Å². The first-order valence-corrected chi connectivity index (χ1v) is 6.99. The summed E-state index contributed by atoms with van der Waals surface area (Å²) >= 11 is 0. The molecule has 0 aliphatic heterocycles. The number of benzene rings is 1. The number of carbonyl (C=O) groups is 1. The van der Waals surface area contributed by atoms with Crippen molar-refractivity contribution in [1.82, 2.24) is 10.2 Å². The monoisotopic (exact) mass is 263 g/mol. The molecule has 1 unspecified atom stereocenters. The van der Waals surface area contributed by atoms with Crippen LogP contribution in [0.3, 0.4) is 0 Å². The molecule has 0 aliphatic rings. The summed E-state index contributed by atoms with van der Waals surface area (Å²) in [7, 11) is 0. The molecule has 4 heteroatoms.